The molecule has 2 unspecified atom stereocenters. The van der Waals surface area contributed by atoms with Gasteiger partial charge >= 0.3 is 13.8 Å². The minimum Gasteiger partial charge on any atom is -0.457 e. The van der Waals surface area contributed by atoms with Gasteiger partial charge in [-0.1, -0.05) is 198 Å². The van der Waals surface area contributed by atoms with Gasteiger partial charge in [-0.15, -0.1) is 0 Å². The van der Waals surface area contributed by atoms with Crippen molar-refractivity contribution in [2.24, 2.45) is 5.73 Å². The Morgan fingerprint density at radius 1 is 0.536 bits per heavy atom. The number of rotatable bonds is 45. The van der Waals surface area contributed by atoms with Crippen LogP contribution < -0.4 is 5.73 Å². The molecule has 9 heteroatoms. The lowest BCUT2D eigenvalue weighted by molar-refractivity contribution is -0.154. The van der Waals surface area contributed by atoms with Crippen LogP contribution in [0.25, 0.3) is 0 Å². The Morgan fingerprint density at radius 2 is 0.946 bits per heavy atom. The van der Waals surface area contributed by atoms with Crippen LogP contribution in [0.4, 0.5) is 0 Å². The van der Waals surface area contributed by atoms with E-state index in [-0.39, 0.29) is 32.3 Å². The molecule has 0 aliphatic heterocycles. The van der Waals surface area contributed by atoms with Gasteiger partial charge in [0.2, 0.25) is 0 Å². The first kappa shape index (κ1) is 54.7. The van der Waals surface area contributed by atoms with Gasteiger partial charge in [-0.25, -0.2) is 4.57 Å². The molecule has 0 aromatic rings. The average molecular weight is 812 g/mol. The number of nitrogens with two attached hydrogens (primary N) is 1. The first-order chi connectivity index (χ1) is 27.4. The molecule has 0 rings (SSSR count). The van der Waals surface area contributed by atoms with E-state index in [4.69, 9.17) is 24.3 Å². The monoisotopic (exact) mass is 812 g/mol. The minimum absolute atomic E-state index is 0.0960. The van der Waals surface area contributed by atoms with Gasteiger partial charge in [-0.2, -0.15) is 0 Å². The van der Waals surface area contributed by atoms with Crippen molar-refractivity contribution in [2.75, 3.05) is 33.0 Å². The van der Waals surface area contributed by atoms with Crippen molar-refractivity contribution >= 4 is 13.8 Å². The van der Waals surface area contributed by atoms with Crippen LogP contribution in [0.3, 0.4) is 0 Å². The van der Waals surface area contributed by atoms with Gasteiger partial charge in [0.25, 0.3) is 0 Å². The van der Waals surface area contributed by atoms with Gasteiger partial charge in [0.05, 0.1) is 19.8 Å². The van der Waals surface area contributed by atoms with Gasteiger partial charge in [-0.3, -0.25) is 13.8 Å². The predicted octanol–water partition coefficient (Wildman–Crippen LogP) is 14.2. The van der Waals surface area contributed by atoms with Crippen LogP contribution in [-0.4, -0.2) is 49.9 Å². The SMILES string of the molecule is CCCCCCC/C=C\C/C=C\C/C=C\CCCCCCCCCCC(=O)OC(COCCCCCCCCCCCCCCCC)COP(=O)(O)OCCN. The van der Waals surface area contributed by atoms with E-state index < -0.39 is 13.9 Å². The van der Waals surface area contributed by atoms with Gasteiger partial charge in [0, 0.05) is 19.6 Å². The zero-order chi connectivity index (χ0) is 40.9. The molecule has 0 bridgehead atoms. The molecule has 3 N–H and O–H groups in total. The summed E-state index contributed by atoms with van der Waals surface area (Å²) in [5.41, 5.74) is 5.37. The summed E-state index contributed by atoms with van der Waals surface area (Å²) < 4.78 is 33.5. The van der Waals surface area contributed by atoms with E-state index in [9.17, 15) is 14.3 Å². The lowest BCUT2D eigenvalue weighted by Gasteiger charge is -2.20. The molecule has 0 radical (unpaired) electrons. The second kappa shape index (κ2) is 44.8. The number of hydrogen-bond acceptors (Lipinski definition) is 7. The molecule has 330 valence electrons. The number of unbranched alkanes of at least 4 members (excludes halogenated alkanes) is 26. The Hall–Kier alpha value is -1.28. The maximum Gasteiger partial charge on any atom is 0.472 e. The van der Waals surface area contributed by atoms with Crippen molar-refractivity contribution in [1.29, 1.82) is 0 Å². The second-order valence-electron chi connectivity index (χ2n) is 15.6. The summed E-state index contributed by atoms with van der Waals surface area (Å²) in [4.78, 5) is 22.5. The van der Waals surface area contributed by atoms with Crippen LogP contribution >= 0.6 is 7.82 Å². The third-order valence-electron chi connectivity index (χ3n) is 10.1. The highest BCUT2D eigenvalue weighted by atomic mass is 31.2. The first-order valence-electron chi connectivity index (χ1n) is 23.5. The van der Waals surface area contributed by atoms with Gasteiger partial charge < -0.3 is 20.1 Å². The van der Waals surface area contributed by atoms with Crippen molar-refractivity contribution in [3.8, 4) is 0 Å². The van der Waals surface area contributed by atoms with Crippen LogP contribution in [0, 0.1) is 0 Å². The highest BCUT2D eigenvalue weighted by Gasteiger charge is 2.25. The lowest BCUT2D eigenvalue weighted by atomic mass is 10.0. The van der Waals surface area contributed by atoms with Gasteiger partial charge in [0.15, 0.2) is 0 Å². The standard InChI is InChI=1S/C47H90NO7P/c1-3-5-7-9-11-13-15-17-19-20-21-22-23-24-25-26-27-28-30-32-34-36-38-40-47(49)55-46(45-54-56(50,51)53-43-41-48)44-52-42-39-37-35-33-31-29-18-16-14-12-10-8-6-4-2/h15,17,20-21,23-24,46H,3-14,16,18-19,22,25-45,48H2,1-2H3,(H,50,51)/b17-15-,21-20-,24-23-. The summed E-state index contributed by atoms with van der Waals surface area (Å²) in [6.45, 7) is 4.93. The van der Waals surface area contributed by atoms with Crippen LogP contribution in [0.5, 0.6) is 0 Å². The third-order valence-corrected chi connectivity index (χ3v) is 11.0. The number of allylic oxidation sites excluding steroid dienone is 6. The zero-order valence-electron chi connectivity index (χ0n) is 36.6. The minimum atomic E-state index is -4.28. The summed E-state index contributed by atoms with van der Waals surface area (Å²) in [7, 11) is -4.28. The Labute approximate surface area is 346 Å². The largest absolute Gasteiger partial charge is 0.472 e. The lowest BCUT2D eigenvalue weighted by Crippen LogP contribution is -2.28. The maximum absolute atomic E-state index is 12.6. The number of carbonyl (C=O) groups excluding carboxylic acids is 1. The average Bonchev–Trinajstić information content (AvgIpc) is 3.19. The van der Waals surface area contributed by atoms with E-state index in [1.807, 2.05) is 0 Å². The third kappa shape index (κ3) is 43.8. The number of hydrogen-bond donors (Lipinski definition) is 2. The molecule has 0 saturated carbocycles. The first-order valence-corrected chi connectivity index (χ1v) is 25.0. The fraction of sp³-hybridized carbons (Fsp3) is 0.851. The van der Waals surface area contributed by atoms with E-state index in [0.717, 1.165) is 51.4 Å². The molecule has 8 nitrogen and oxygen atoms in total. The van der Waals surface area contributed by atoms with E-state index in [0.29, 0.717) is 13.0 Å². The summed E-state index contributed by atoms with van der Waals surface area (Å²) in [5.74, 6) is -0.335. The Kier molecular flexibility index (Phi) is 43.8. The van der Waals surface area contributed by atoms with Crippen LogP contribution in [0.2, 0.25) is 0 Å². The van der Waals surface area contributed by atoms with Gasteiger partial charge in [0.1, 0.15) is 6.10 Å². The summed E-state index contributed by atoms with van der Waals surface area (Å²) in [6.07, 6.45) is 51.6. The molecule has 0 aromatic carbocycles. The van der Waals surface area contributed by atoms with Crippen molar-refractivity contribution in [3.05, 3.63) is 36.5 Å². The Morgan fingerprint density at radius 3 is 1.41 bits per heavy atom. The summed E-state index contributed by atoms with van der Waals surface area (Å²) in [5, 5.41) is 0. The molecule has 0 aliphatic rings. The van der Waals surface area contributed by atoms with Crippen LogP contribution in [0.1, 0.15) is 219 Å². The molecule has 0 amide bonds. The van der Waals surface area contributed by atoms with Crippen molar-refractivity contribution < 1.29 is 32.8 Å². The number of esters is 1. The number of ether oxygens (including phenoxy) is 2. The molecule has 0 aliphatic carbocycles. The van der Waals surface area contributed by atoms with Crippen molar-refractivity contribution in [2.45, 2.75) is 225 Å². The summed E-state index contributed by atoms with van der Waals surface area (Å²) in [6, 6.07) is 0. The van der Waals surface area contributed by atoms with E-state index in [2.05, 4.69) is 50.3 Å². The quantitative estimate of drug-likeness (QED) is 0.0270. The molecule has 56 heavy (non-hydrogen) atoms. The zero-order valence-corrected chi connectivity index (χ0v) is 37.5. The molecule has 0 fully saturated rings. The maximum atomic E-state index is 12.6. The van der Waals surface area contributed by atoms with Crippen molar-refractivity contribution in [1.82, 2.24) is 0 Å². The van der Waals surface area contributed by atoms with Crippen LogP contribution in [-0.2, 0) is 27.9 Å². The number of phosphoric acid groups is 1. The molecular formula is C47H90NO7P. The van der Waals surface area contributed by atoms with Crippen LogP contribution in [0.15, 0.2) is 36.5 Å². The van der Waals surface area contributed by atoms with E-state index >= 15 is 0 Å². The highest BCUT2D eigenvalue weighted by molar-refractivity contribution is 7.47. The molecule has 0 heterocycles. The molecule has 0 spiro atoms. The topological polar surface area (TPSA) is 117 Å². The fourth-order valence-electron chi connectivity index (χ4n) is 6.59. The molecular weight excluding hydrogens is 721 g/mol. The van der Waals surface area contributed by atoms with E-state index in [1.165, 1.54) is 148 Å². The highest BCUT2D eigenvalue weighted by Crippen LogP contribution is 2.43. The van der Waals surface area contributed by atoms with Gasteiger partial charge in [-0.05, 0) is 51.4 Å². The normalized spacial score (nSPS) is 13.7. The fourth-order valence-corrected chi connectivity index (χ4v) is 7.36. The molecule has 0 aromatic heterocycles. The second-order valence-corrected chi connectivity index (χ2v) is 17.1. The Balaban J connectivity index is 3.98. The predicted molar refractivity (Wildman–Crippen MR) is 238 cm³/mol. The number of carbonyl (C=O) groups is 1. The smallest absolute Gasteiger partial charge is 0.457 e. The van der Waals surface area contributed by atoms with E-state index in [1.54, 1.807) is 0 Å². The summed E-state index contributed by atoms with van der Waals surface area (Å²) >= 11 is 0. The molecule has 2 atom stereocenters. The number of phosphoric ester groups is 1. The Bertz CT molecular complexity index is 957. The van der Waals surface area contributed by atoms with Crippen molar-refractivity contribution in [3.63, 3.8) is 0 Å². The molecule has 0 saturated heterocycles.